The fourth-order valence-electron chi connectivity index (χ4n) is 2.87. The second-order valence-corrected chi connectivity index (χ2v) is 10.00. The van der Waals surface area contributed by atoms with Crippen molar-refractivity contribution in [1.82, 2.24) is 4.98 Å². The van der Waals surface area contributed by atoms with Gasteiger partial charge in [-0.25, -0.2) is 4.98 Å². The molecule has 0 aliphatic heterocycles. The van der Waals surface area contributed by atoms with Crippen molar-refractivity contribution >= 4 is 51.7 Å². The van der Waals surface area contributed by atoms with Crippen molar-refractivity contribution in [2.45, 2.75) is 32.6 Å². The fourth-order valence-corrected chi connectivity index (χ4v) is 4.08. The van der Waals surface area contributed by atoms with E-state index in [2.05, 4.69) is 31.1 Å². The highest BCUT2D eigenvalue weighted by molar-refractivity contribution is 7.15. The molecule has 1 amide bonds. The van der Waals surface area contributed by atoms with E-state index in [-0.39, 0.29) is 11.0 Å². The summed E-state index contributed by atoms with van der Waals surface area (Å²) in [4.78, 5) is 17.7. The van der Waals surface area contributed by atoms with E-state index in [1.165, 1.54) is 16.9 Å². The SMILES string of the molecule is CC(C)(C)c1ccc(/C=C(/C#N)C(=O)Nc2ncc(Cc3cc(Cl)ccc3Cl)s2)cc1. The molecule has 0 saturated carbocycles. The lowest BCUT2D eigenvalue weighted by Crippen LogP contribution is -2.13. The summed E-state index contributed by atoms with van der Waals surface area (Å²) in [6.07, 6.45) is 3.80. The van der Waals surface area contributed by atoms with E-state index in [1.807, 2.05) is 36.4 Å². The zero-order valence-corrected chi connectivity index (χ0v) is 19.7. The van der Waals surface area contributed by atoms with Gasteiger partial charge >= 0.3 is 0 Å². The Kier molecular flexibility index (Phi) is 7.17. The van der Waals surface area contributed by atoms with Crippen LogP contribution in [0.1, 0.15) is 42.3 Å². The van der Waals surface area contributed by atoms with Gasteiger partial charge in [-0.1, -0.05) is 68.2 Å². The Morgan fingerprint density at radius 1 is 1.19 bits per heavy atom. The molecule has 0 aliphatic carbocycles. The van der Waals surface area contributed by atoms with Gasteiger partial charge in [0, 0.05) is 27.5 Å². The predicted octanol–water partition coefficient (Wildman–Crippen LogP) is 6.88. The lowest BCUT2D eigenvalue weighted by Gasteiger charge is -2.18. The third-order valence-electron chi connectivity index (χ3n) is 4.60. The molecule has 3 rings (SSSR count). The van der Waals surface area contributed by atoms with Crippen molar-refractivity contribution in [1.29, 1.82) is 5.26 Å². The molecule has 158 valence electrons. The Morgan fingerprint density at radius 2 is 1.90 bits per heavy atom. The van der Waals surface area contributed by atoms with E-state index in [1.54, 1.807) is 24.4 Å². The molecule has 1 N–H and O–H groups in total. The minimum absolute atomic E-state index is 0.0122. The molecular weight excluding hydrogens is 449 g/mol. The molecule has 2 aromatic carbocycles. The summed E-state index contributed by atoms with van der Waals surface area (Å²) in [5, 5.41) is 13.8. The quantitative estimate of drug-likeness (QED) is 0.326. The van der Waals surface area contributed by atoms with E-state index in [9.17, 15) is 10.1 Å². The normalized spacial score (nSPS) is 11.8. The number of hydrogen-bond acceptors (Lipinski definition) is 4. The number of amides is 1. The Morgan fingerprint density at radius 3 is 2.55 bits per heavy atom. The van der Waals surface area contributed by atoms with Gasteiger partial charge in [0.2, 0.25) is 0 Å². The number of benzene rings is 2. The first-order valence-corrected chi connectivity index (χ1v) is 11.2. The molecule has 0 radical (unpaired) electrons. The maximum atomic E-state index is 12.6. The van der Waals surface area contributed by atoms with Gasteiger partial charge in [0.15, 0.2) is 5.13 Å². The van der Waals surface area contributed by atoms with Crippen LogP contribution in [0.3, 0.4) is 0 Å². The second-order valence-electron chi connectivity index (χ2n) is 8.04. The van der Waals surface area contributed by atoms with Crippen molar-refractivity contribution in [3.8, 4) is 6.07 Å². The first-order chi connectivity index (χ1) is 14.7. The van der Waals surface area contributed by atoms with Gasteiger partial charge in [0.1, 0.15) is 11.6 Å². The second kappa shape index (κ2) is 9.65. The minimum atomic E-state index is -0.496. The summed E-state index contributed by atoms with van der Waals surface area (Å²) in [6.45, 7) is 6.40. The molecule has 0 unspecified atom stereocenters. The van der Waals surface area contributed by atoms with Gasteiger partial charge in [-0.2, -0.15) is 5.26 Å². The van der Waals surface area contributed by atoms with Gasteiger partial charge in [0.05, 0.1) is 0 Å². The third kappa shape index (κ3) is 6.18. The number of nitrogens with one attached hydrogen (secondary N) is 1. The monoisotopic (exact) mass is 469 g/mol. The maximum Gasteiger partial charge on any atom is 0.268 e. The molecule has 0 saturated heterocycles. The molecule has 0 aliphatic rings. The Hall–Kier alpha value is -2.65. The molecule has 1 heterocycles. The number of nitrogens with zero attached hydrogens (tertiary/aromatic N) is 2. The van der Waals surface area contributed by atoms with Crippen molar-refractivity contribution in [3.63, 3.8) is 0 Å². The van der Waals surface area contributed by atoms with E-state index in [0.29, 0.717) is 21.6 Å². The molecule has 3 aromatic rings. The first kappa shape index (κ1) is 23.0. The van der Waals surface area contributed by atoms with Crippen molar-refractivity contribution in [2.24, 2.45) is 0 Å². The van der Waals surface area contributed by atoms with Crippen LogP contribution >= 0.6 is 34.5 Å². The minimum Gasteiger partial charge on any atom is -0.297 e. The Balaban J connectivity index is 1.71. The van der Waals surface area contributed by atoms with E-state index < -0.39 is 5.91 Å². The molecule has 0 bridgehead atoms. The number of carbonyl (C=O) groups is 1. The molecule has 31 heavy (non-hydrogen) atoms. The maximum absolute atomic E-state index is 12.6. The number of carbonyl (C=O) groups excluding carboxylic acids is 1. The number of nitriles is 1. The van der Waals surface area contributed by atoms with Crippen LogP contribution in [0.2, 0.25) is 10.0 Å². The van der Waals surface area contributed by atoms with Gasteiger partial charge in [-0.05, 0) is 46.4 Å². The predicted molar refractivity (Wildman–Crippen MR) is 129 cm³/mol. The van der Waals surface area contributed by atoms with Crippen LogP contribution in [0, 0.1) is 11.3 Å². The topological polar surface area (TPSA) is 65.8 Å². The average molecular weight is 470 g/mol. The fraction of sp³-hybridized carbons (Fsp3) is 0.208. The van der Waals surface area contributed by atoms with Gasteiger partial charge in [-0.3, -0.25) is 10.1 Å². The van der Waals surface area contributed by atoms with Crippen LogP contribution < -0.4 is 5.32 Å². The zero-order chi connectivity index (χ0) is 22.6. The molecule has 1 aromatic heterocycles. The highest BCUT2D eigenvalue weighted by Gasteiger charge is 2.15. The zero-order valence-electron chi connectivity index (χ0n) is 17.4. The van der Waals surface area contributed by atoms with Crippen LogP contribution in [0.4, 0.5) is 5.13 Å². The van der Waals surface area contributed by atoms with Gasteiger partial charge in [0.25, 0.3) is 5.91 Å². The number of hydrogen-bond donors (Lipinski definition) is 1. The molecule has 0 atom stereocenters. The van der Waals surface area contributed by atoms with E-state index in [0.717, 1.165) is 16.0 Å². The highest BCUT2D eigenvalue weighted by atomic mass is 35.5. The number of halogens is 2. The molecule has 7 heteroatoms. The van der Waals surface area contributed by atoms with Gasteiger partial charge in [-0.15, -0.1) is 11.3 Å². The smallest absolute Gasteiger partial charge is 0.268 e. The largest absolute Gasteiger partial charge is 0.297 e. The number of aromatic nitrogens is 1. The van der Waals surface area contributed by atoms with Crippen LogP contribution in [0.25, 0.3) is 6.08 Å². The number of anilines is 1. The summed E-state index contributed by atoms with van der Waals surface area (Å²) in [5.74, 6) is -0.496. The van der Waals surface area contributed by atoms with Crippen molar-refractivity contribution in [2.75, 3.05) is 5.32 Å². The van der Waals surface area contributed by atoms with Crippen molar-refractivity contribution < 1.29 is 4.79 Å². The lowest BCUT2D eigenvalue weighted by molar-refractivity contribution is -0.112. The lowest BCUT2D eigenvalue weighted by atomic mass is 9.86. The average Bonchev–Trinajstić information content (AvgIpc) is 3.15. The van der Waals surface area contributed by atoms with Crippen LogP contribution in [-0.4, -0.2) is 10.9 Å². The van der Waals surface area contributed by atoms with Crippen LogP contribution in [-0.2, 0) is 16.6 Å². The highest BCUT2D eigenvalue weighted by Crippen LogP contribution is 2.27. The van der Waals surface area contributed by atoms with Crippen LogP contribution in [0.5, 0.6) is 0 Å². The van der Waals surface area contributed by atoms with E-state index in [4.69, 9.17) is 23.2 Å². The third-order valence-corrected chi connectivity index (χ3v) is 6.12. The number of rotatable bonds is 5. The molecule has 0 spiro atoms. The van der Waals surface area contributed by atoms with Gasteiger partial charge < -0.3 is 0 Å². The Labute approximate surface area is 196 Å². The Bertz CT molecular complexity index is 1170. The first-order valence-electron chi connectivity index (χ1n) is 9.58. The summed E-state index contributed by atoms with van der Waals surface area (Å²) >= 11 is 13.6. The molecule has 4 nitrogen and oxygen atoms in total. The number of thiazole rings is 1. The summed E-state index contributed by atoms with van der Waals surface area (Å²) in [5.41, 5.74) is 2.90. The summed E-state index contributed by atoms with van der Waals surface area (Å²) in [7, 11) is 0. The van der Waals surface area contributed by atoms with Crippen molar-refractivity contribution in [3.05, 3.63) is 85.8 Å². The molecule has 0 fully saturated rings. The standard InChI is InChI=1S/C24H21Cl2N3OS/c1-24(2,3)18-6-4-15(5-7-18)10-17(13-27)22(30)29-23-28-14-20(31-23)12-16-11-19(25)8-9-21(16)26/h4-11,14H,12H2,1-3H3,(H,28,29,30)/b17-10-. The summed E-state index contributed by atoms with van der Waals surface area (Å²) < 4.78 is 0. The van der Waals surface area contributed by atoms with Crippen LogP contribution in [0.15, 0.2) is 54.2 Å². The summed E-state index contributed by atoms with van der Waals surface area (Å²) in [6, 6.07) is 15.1. The van der Waals surface area contributed by atoms with E-state index >= 15 is 0 Å². The molecular formula is C24H21Cl2N3OS.